The Morgan fingerprint density at radius 2 is 1.80 bits per heavy atom. The molecule has 2 aromatic heterocycles. The van der Waals surface area contributed by atoms with Crippen LogP contribution >= 0.6 is 0 Å². The first-order valence-corrected chi connectivity index (χ1v) is 11.4. The predicted octanol–water partition coefficient (Wildman–Crippen LogP) is 5.91. The summed E-state index contributed by atoms with van der Waals surface area (Å²) in [5, 5.41) is 13.8. The van der Waals surface area contributed by atoms with Gasteiger partial charge in [0.15, 0.2) is 0 Å². The second-order valence-electron chi connectivity index (χ2n) is 7.16. The summed E-state index contributed by atoms with van der Waals surface area (Å²) in [5.41, 5.74) is 2.63. The summed E-state index contributed by atoms with van der Waals surface area (Å²) in [7, 11) is 0. The molecule has 0 fully saturated rings. The van der Waals surface area contributed by atoms with Crippen LogP contribution in [-0.2, 0) is 11.3 Å². The van der Waals surface area contributed by atoms with Crippen molar-refractivity contribution in [2.75, 3.05) is 11.9 Å². The molecule has 0 spiro atoms. The zero-order valence-corrected chi connectivity index (χ0v) is 20.4. The average molecular weight is 492 g/mol. The van der Waals surface area contributed by atoms with Crippen LogP contribution in [0.2, 0.25) is 0 Å². The maximum absolute atomic E-state index is 13.0. The van der Waals surface area contributed by atoms with E-state index in [4.69, 9.17) is 0 Å². The Kier molecular flexibility index (Phi) is 9.44. The number of nitrogens with zero attached hydrogens (tertiary/aromatic N) is 2. The summed E-state index contributed by atoms with van der Waals surface area (Å²) in [6, 6.07) is 10.7. The minimum Gasteiger partial charge on any atom is -0.355 e. The van der Waals surface area contributed by atoms with Gasteiger partial charge in [0, 0.05) is 18.7 Å². The van der Waals surface area contributed by atoms with Gasteiger partial charge in [-0.3, -0.25) is 14.7 Å². The third kappa shape index (κ3) is 6.84. The molecule has 2 heterocycles. The van der Waals surface area contributed by atoms with Gasteiger partial charge in [-0.1, -0.05) is 39.8 Å². The largest absolute Gasteiger partial charge is 0.405 e. The number of hydrogen-bond donors (Lipinski definition) is 3. The number of carbonyl (C=O) groups is 1. The molecule has 0 radical (unpaired) electrons. The predicted molar refractivity (Wildman–Crippen MR) is 136 cm³/mol. The lowest BCUT2D eigenvalue weighted by molar-refractivity contribution is -0.138. The van der Waals surface area contributed by atoms with Gasteiger partial charge in [-0.15, -0.1) is 0 Å². The van der Waals surface area contributed by atoms with Crippen LogP contribution in [0, 0.1) is 6.92 Å². The van der Waals surface area contributed by atoms with Crippen molar-refractivity contribution >= 4 is 39.0 Å². The first-order chi connectivity index (χ1) is 16.7. The van der Waals surface area contributed by atoms with Crippen molar-refractivity contribution in [2.45, 2.75) is 47.3 Å². The van der Waals surface area contributed by atoms with Crippen molar-refractivity contribution in [3.05, 3.63) is 64.7 Å². The van der Waals surface area contributed by atoms with Gasteiger partial charge in [0.2, 0.25) is 5.91 Å². The number of carbonyl (C=O) groups excluding carboxylic acids is 1. The van der Waals surface area contributed by atoms with E-state index in [1.165, 1.54) is 6.20 Å². The number of pyridine rings is 1. The van der Waals surface area contributed by atoms with Gasteiger partial charge in [0.05, 0.1) is 22.8 Å². The number of nitrogens with one attached hydrogen (secondary N) is 3. The molecule has 4 aromatic rings. The van der Waals surface area contributed by atoms with Crippen LogP contribution in [-0.4, -0.2) is 33.4 Å². The first-order valence-electron chi connectivity index (χ1n) is 11.4. The van der Waals surface area contributed by atoms with E-state index < -0.39 is 30.7 Å². The molecule has 10 heteroatoms. The fourth-order valence-corrected chi connectivity index (χ4v) is 3.35. The molecule has 190 valence electrons. The molecule has 7 nitrogen and oxygen atoms in total. The molecule has 0 aliphatic carbocycles. The number of alkyl halides is 3. The van der Waals surface area contributed by atoms with Crippen LogP contribution in [0.15, 0.2) is 53.6 Å². The Hall–Kier alpha value is -3.82. The molecule has 0 unspecified atom stereocenters. The van der Waals surface area contributed by atoms with Crippen LogP contribution in [0.5, 0.6) is 0 Å². The van der Waals surface area contributed by atoms with Gasteiger partial charge < -0.3 is 15.2 Å². The summed E-state index contributed by atoms with van der Waals surface area (Å²) >= 11 is 0. The van der Waals surface area contributed by atoms with E-state index in [0.29, 0.717) is 16.5 Å². The number of anilines is 2. The lowest BCUT2D eigenvalue weighted by atomic mass is 10.1. The highest BCUT2D eigenvalue weighted by Crippen LogP contribution is 2.28. The number of amides is 1. The van der Waals surface area contributed by atoms with E-state index in [0.717, 1.165) is 26.7 Å². The number of halogens is 3. The number of aryl methyl sites for hydroxylation is 1. The monoisotopic (exact) mass is 491 g/mol. The molecule has 0 saturated carbocycles. The van der Waals surface area contributed by atoms with E-state index in [9.17, 15) is 22.8 Å². The van der Waals surface area contributed by atoms with E-state index in [1.54, 1.807) is 35.8 Å². The van der Waals surface area contributed by atoms with Crippen LogP contribution in [0.1, 0.15) is 34.7 Å². The number of hydrogen-bond acceptors (Lipinski definition) is 4. The summed E-state index contributed by atoms with van der Waals surface area (Å²) in [5.74, 6) is -0.898. The molecule has 0 atom stereocenters. The molecule has 0 saturated heterocycles. The van der Waals surface area contributed by atoms with Crippen LogP contribution < -0.4 is 16.2 Å². The molecule has 0 bridgehead atoms. The van der Waals surface area contributed by atoms with Gasteiger partial charge in [0.25, 0.3) is 5.56 Å². The molecule has 1 amide bonds. The summed E-state index contributed by atoms with van der Waals surface area (Å²) in [4.78, 5) is 24.9. The Bertz CT molecular complexity index is 1350. The maximum Gasteiger partial charge on any atom is 0.405 e. The Morgan fingerprint density at radius 1 is 1.09 bits per heavy atom. The zero-order valence-electron chi connectivity index (χ0n) is 20.4. The molecule has 3 N–H and O–H groups in total. The highest BCUT2D eigenvalue weighted by atomic mass is 19.4. The zero-order chi connectivity index (χ0) is 26.2. The molecule has 0 aliphatic heterocycles. The Balaban J connectivity index is 0.00000123. The molecule has 2 aromatic carbocycles. The molecule has 35 heavy (non-hydrogen) atoms. The standard InChI is InChI=1S/C21H18F3N5O2.2C2H6.H2/c1-12-7-17-14(9-26-28-17)8-16(12)27-15-4-2-3-13-5-6-29(20(31)19(13)15)10-18(30)25-11-21(22,23)24;2*1-2;/h2-9,27H,10-11H2,1H3,(H,25,30)(H,26,28);2*1-2H3;1H. The third-order valence-electron chi connectivity index (χ3n) is 4.86. The minimum atomic E-state index is -4.52. The van der Waals surface area contributed by atoms with Crippen molar-refractivity contribution in [1.29, 1.82) is 0 Å². The van der Waals surface area contributed by atoms with Gasteiger partial charge in [-0.25, -0.2) is 0 Å². The quantitative estimate of drug-likeness (QED) is 0.324. The fraction of sp³-hybridized carbons (Fsp3) is 0.320. The van der Waals surface area contributed by atoms with Gasteiger partial charge in [-0.2, -0.15) is 18.3 Å². The fourth-order valence-electron chi connectivity index (χ4n) is 3.35. The second kappa shape index (κ2) is 12.0. The topological polar surface area (TPSA) is 91.8 Å². The lowest BCUT2D eigenvalue weighted by Gasteiger charge is -2.14. The number of aromatic amines is 1. The number of benzene rings is 2. The summed E-state index contributed by atoms with van der Waals surface area (Å²) in [6.45, 7) is 7.95. The first kappa shape index (κ1) is 27.4. The second-order valence-corrected chi connectivity index (χ2v) is 7.16. The lowest BCUT2D eigenvalue weighted by Crippen LogP contribution is -2.37. The van der Waals surface area contributed by atoms with Crippen LogP contribution in [0.25, 0.3) is 21.7 Å². The smallest absolute Gasteiger partial charge is 0.355 e. The van der Waals surface area contributed by atoms with Crippen molar-refractivity contribution in [3.63, 3.8) is 0 Å². The Labute approximate surface area is 202 Å². The van der Waals surface area contributed by atoms with Crippen molar-refractivity contribution in [3.8, 4) is 0 Å². The van der Waals surface area contributed by atoms with Gasteiger partial charge in [-0.05, 0) is 42.1 Å². The highest BCUT2D eigenvalue weighted by Gasteiger charge is 2.27. The number of aromatic nitrogens is 3. The maximum atomic E-state index is 13.0. The van der Waals surface area contributed by atoms with E-state index >= 15 is 0 Å². The van der Waals surface area contributed by atoms with E-state index in [-0.39, 0.29) is 1.43 Å². The number of rotatable bonds is 5. The summed E-state index contributed by atoms with van der Waals surface area (Å²) < 4.78 is 38.0. The normalized spacial score (nSPS) is 10.7. The van der Waals surface area contributed by atoms with E-state index in [1.807, 2.05) is 46.8 Å². The van der Waals surface area contributed by atoms with Crippen LogP contribution in [0.4, 0.5) is 24.5 Å². The average Bonchev–Trinajstić information content (AvgIpc) is 3.29. The third-order valence-corrected chi connectivity index (χ3v) is 4.86. The number of fused-ring (bicyclic) bond motifs is 2. The van der Waals surface area contributed by atoms with Gasteiger partial charge in [0.1, 0.15) is 13.1 Å². The van der Waals surface area contributed by atoms with E-state index in [2.05, 4.69) is 15.5 Å². The molecular formula is C25H32F3N5O2. The Morgan fingerprint density at radius 3 is 2.49 bits per heavy atom. The van der Waals surface area contributed by atoms with Crippen molar-refractivity contribution in [1.82, 2.24) is 20.1 Å². The minimum absolute atomic E-state index is 0. The molecule has 0 aliphatic rings. The SMILES string of the molecule is CC.CC.Cc1cc2[nH]ncc2cc1Nc1cccc2ccn(CC(=O)NCC(F)(F)F)c(=O)c12.[HH]. The van der Waals surface area contributed by atoms with Crippen LogP contribution in [0.3, 0.4) is 0 Å². The number of H-pyrrole nitrogens is 1. The summed E-state index contributed by atoms with van der Waals surface area (Å²) in [6.07, 6.45) is -1.44. The van der Waals surface area contributed by atoms with Crippen molar-refractivity contribution in [2.24, 2.45) is 0 Å². The van der Waals surface area contributed by atoms with Crippen molar-refractivity contribution < 1.29 is 19.4 Å². The molecule has 4 rings (SSSR count). The highest BCUT2D eigenvalue weighted by molar-refractivity contribution is 5.96. The molecular weight excluding hydrogens is 459 g/mol. The van der Waals surface area contributed by atoms with Gasteiger partial charge >= 0.3 is 6.18 Å².